The van der Waals surface area contributed by atoms with Gasteiger partial charge in [-0.1, -0.05) is 28.1 Å². The van der Waals surface area contributed by atoms with E-state index in [0.29, 0.717) is 13.0 Å². The van der Waals surface area contributed by atoms with Crippen LogP contribution in [-0.2, 0) is 9.59 Å². The number of hydrogen-bond donors (Lipinski definition) is 2. The Kier molecular flexibility index (Phi) is 5.36. The fourth-order valence-corrected chi connectivity index (χ4v) is 2.87. The maximum atomic E-state index is 12.1. The molecule has 0 saturated carbocycles. The van der Waals surface area contributed by atoms with Crippen LogP contribution < -0.4 is 5.32 Å². The molecular weight excluding hydrogens is 336 g/mol. The molecule has 0 spiro atoms. The summed E-state index contributed by atoms with van der Waals surface area (Å²) in [6.07, 6.45) is 1.44. The Balaban J connectivity index is 1.89. The second-order valence-electron chi connectivity index (χ2n) is 5.31. The average molecular weight is 355 g/mol. The summed E-state index contributed by atoms with van der Waals surface area (Å²) in [5.74, 6) is -0.986. The smallest absolute Gasteiger partial charge is 0.320 e. The molecule has 1 aromatic rings. The Morgan fingerprint density at radius 1 is 1.43 bits per heavy atom. The maximum absolute atomic E-state index is 12.1. The van der Waals surface area contributed by atoms with E-state index >= 15 is 0 Å². The van der Waals surface area contributed by atoms with Gasteiger partial charge in [-0.2, -0.15) is 0 Å². The first kappa shape index (κ1) is 16.0. The summed E-state index contributed by atoms with van der Waals surface area (Å²) < 4.78 is 0.992. The topological polar surface area (TPSA) is 69.6 Å². The van der Waals surface area contributed by atoms with Crippen molar-refractivity contribution in [3.05, 3.63) is 34.3 Å². The predicted octanol–water partition coefficient (Wildman–Crippen LogP) is 2.18. The number of nitrogens with zero attached hydrogens (tertiary/aromatic N) is 1. The lowest BCUT2D eigenvalue weighted by molar-refractivity contribution is -0.142. The summed E-state index contributed by atoms with van der Waals surface area (Å²) in [4.78, 5) is 24.9. The standard InChI is InChI=1S/C15H19BrN2O3/c1-10(11-4-6-12(16)7-5-11)17-14(19)9-18-8-2-3-13(18)15(20)21/h4-7,10,13H,2-3,8-9H2,1H3,(H,17,19)(H,20,21)/t10?,13-/m1/s1. The van der Waals surface area contributed by atoms with E-state index in [1.165, 1.54) is 0 Å². The van der Waals surface area contributed by atoms with Crippen molar-refractivity contribution in [2.75, 3.05) is 13.1 Å². The van der Waals surface area contributed by atoms with Gasteiger partial charge in [0.2, 0.25) is 5.91 Å². The van der Waals surface area contributed by atoms with Gasteiger partial charge in [-0.3, -0.25) is 14.5 Å². The van der Waals surface area contributed by atoms with Crippen molar-refractivity contribution < 1.29 is 14.7 Å². The zero-order valence-corrected chi connectivity index (χ0v) is 13.5. The Labute approximate surface area is 132 Å². The van der Waals surface area contributed by atoms with Gasteiger partial charge in [0.15, 0.2) is 0 Å². The van der Waals surface area contributed by atoms with Crippen molar-refractivity contribution in [1.82, 2.24) is 10.2 Å². The van der Waals surface area contributed by atoms with Crippen molar-refractivity contribution in [2.45, 2.75) is 31.8 Å². The summed E-state index contributed by atoms with van der Waals surface area (Å²) in [5.41, 5.74) is 1.02. The molecule has 0 radical (unpaired) electrons. The number of carbonyl (C=O) groups excluding carboxylic acids is 1. The minimum absolute atomic E-state index is 0.100. The fourth-order valence-electron chi connectivity index (χ4n) is 2.60. The molecule has 2 rings (SSSR count). The zero-order valence-electron chi connectivity index (χ0n) is 11.9. The number of nitrogens with one attached hydrogen (secondary N) is 1. The molecule has 21 heavy (non-hydrogen) atoms. The van der Waals surface area contributed by atoms with Gasteiger partial charge in [-0.15, -0.1) is 0 Å². The molecule has 6 heteroatoms. The highest BCUT2D eigenvalue weighted by Crippen LogP contribution is 2.18. The van der Waals surface area contributed by atoms with E-state index < -0.39 is 12.0 Å². The van der Waals surface area contributed by atoms with E-state index in [2.05, 4.69) is 21.2 Å². The highest BCUT2D eigenvalue weighted by Gasteiger charge is 2.31. The number of benzene rings is 1. The molecule has 114 valence electrons. The van der Waals surface area contributed by atoms with Crippen molar-refractivity contribution in [3.63, 3.8) is 0 Å². The van der Waals surface area contributed by atoms with Gasteiger partial charge in [-0.05, 0) is 44.0 Å². The monoisotopic (exact) mass is 354 g/mol. The lowest BCUT2D eigenvalue weighted by atomic mass is 10.1. The molecule has 1 aliphatic rings. The zero-order chi connectivity index (χ0) is 15.4. The van der Waals surface area contributed by atoms with Crippen LogP contribution in [0.1, 0.15) is 31.4 Å². The van der Waals surface area contributed by atoms with Crippen LogP contribution in [0.25, 0.3) is 0 Å². The number of halogens is 1. The molecule has 2 N–H and O–H groups in total. The van der Waals surface area contributed by atoms with Gasteiger partial charge in [0.1, 0.15) is 6.04 Å². The van der Waals surface area contributed by atoms with Crippen LogP contribution in [0.4, 0.5) is 0 Å². The fraction of sp³-hybridized carbons (Fsp3) is 0.467. The van der Waals surface area contributed by atoms with Crippen molar-refractivity contribution in [1.29, 1.82) is 0 Å². The molecule has 2 atom stereocenters. The number of carboxylic acids is 1. The number of hydrogen-bond acceptors (Lipinski definition) is 3. The second kappa shape index (κ2) is 7.04. The Bertz CT molecular complexity index is 518. The second-order valence-corrected chi connectivity index (χ2v) is 6.22. The van der Waals surface area contributed by atoms with Crippen LogP contribution in [0.5, 0.6) is 0 Å². The third kappa shape index (κ3) is 4.28. The molecule has 1 saturated heterocycles. The molecule has 0 bridgehead atoms. The number of likely N-dealkylation sites (tertiary alicyclic amines) is 1. The molecular formula is C15H19BrN2O3. The minimum atomic E-state index is -0.846. The van der Waals surface area contributed by atoms with Crippen LogP contribution in [-0.4, -0.2) is 41.0 Å². The van der Waals surface area contributed by atoms with Crippen LogP contribution in [0.15, 0.2) is 28.7 Å². The van der Waals surface area contributed by atoms with Crippen LogP contribution in [0.2, 0.25) is 0 Å². The lowest BCUT2D eigenvalue weighted by Crippen LogP contribution is -2.43. The molecule has 1 aliphatic heterocycles. The summed E-state index contributed by atoms with van der Waals surface area (Å²) in [6, 6.07) is 7.13. The Morgan fingerprint density at radius 2 is 2.10 bits per heavy atom. The quantitative estimate of drug-likeness (QED) is 0.850. The van der Waals surface area contributed by atoms with E-state index in [4.69, 9.17) is 5.11 Å². The number of rotatable bonds is 5. The molecule has 5 nitrogen and oxygen atoms in total. The van der Waals surface area contributed by atoms with Crippen LogP contribution in [0, 0.1) is 0 Å². The third-order valence-corrected chi connectivity index (χ3v) is 4.27. The van der Waals surface area contributed by atoms with Crippen molar-refractivity contribution >= 4 is 27.8 Å². The SMILES string of the molecule is CC(NC(=O)CN1CCC[C@@H]1C(=O)O)c1ccc(Br)cc1. The molecule has 0 aliphatic carbocycles. The molecule has 1 heterocycles. The minimum Gasteiger partial charge on any atom is -0.480 e. The molecule has 0 aromatic heterocycles. The van der Waals surface area contributed by atoms with E-state index in [9.17, 15) is 9.59 Å². The number of amides is 1. The van der Waals surface area contributed by atoms with E-state index in [1.54, 1.807) is 4.90 Å². The number of aliphatic carboxylic acids is 1. The molecule has 1 fully saturated rings. The summed E-state index contributed by atoms with van der Waals surface area (Å²) >= 11 is 3.37. The van der Waals surface area contributed by atoms with Gasteiger partial charge in [0.25, 0.3) is 0 Å². The van der Waals surface area contributed by atoms with Crippen LogP contribution in [0.3, 0.4) is 0 Å². The number of carbonyl (C=O) groups is 2. The summed E-state index contributed by atoms with van der Waals surface area (Å²) in [6.45, 7) is 2.72. The predicted molar refractivity (Wildman–Crippen MR) is 82.9 cm³/mol. The average Bonchev–Trinajstić information content (AvgIpc) is 2.87. The van der Waals surface area contributed by atoms with Gasteiger partial charge in [0, 0.05) is 4.47 Å². The highest BCUT2D eigenvalue weighted by atomic mass is 79.9. The largest absolute Gasteiger partial charge is 0.480 e. The highest BCUT2D eigenvalue weighted by molar-refractivity contribution is 9.10. The summed E-state index contributed by atoms with van der Waals surface area (Å²) in [5, 5.41) is 12.0. The Hall–Kier alpha value is -1.40. The first-order valence-corrected chi connectivity index (χ1v) is 7.78. The number of carboxylic acid groups (broad SMARTS) is 1. The molecule has 1 unspecified atom stereocenters. The lowest BCUT2D eigenvalue weighted by Gasteiger charge is -2.22. The normalized spacial score (nSPS) is 20.2. The van der Waals surface area contributed by atoms with Gasteiger partial charge in [0.05, 0.1) is 12.6 Å². The molecule has 1 amide bonds. The van der Waals surface area contributed by atoms with E-state index in [0.717, 1.165) is 16.5 Å². The van der Waals surface area contributed by atoms with Gasteiger partial charge >= 0.3 is 5.97 Å². The first-order chi connectivity index (χ1) is 9.97. The molecule has 1 aromatic carbocycles. The van der Waals surface area contributed by atoms with Crippen molar-refractivity contribution in [2.24, 2.45) is 0 Å². The van der Waals surface area contributed by atoms with E-state index in [1.807, 2.05) is 31.2 Å². The Morgan fingerprint density at radius 3 is 2.71 bits per heavy atom. The third-order valence-electron chi connectivity index (χ3n) is 3.74. The first-order valence-electron chi connectivity index (χ1n) is 6.99. The van der Waals surface area contributed by atoms with Crippen molar-refractivity contribution in [3.8, 4) is 0 Å². The van der Waals surface area contributed by atoms with E-state index in [-0.39, 0.29) is 18.5 Å². The maximum Gasteiger partial charge on any atom is 0.320 e. The summed E-state index contributed by atoms with van der Waals surface area (Å²) in [7, 11) is 0. The van der Waals surface area contributed by atoms with Gasteiger partial charge < -0.3 is 10.4 Å². The van der Waals surface area contributed by atoms with Crippen LogP contribution >= 0.6 is 15.9 Å². The van der Waals surface area contributed by atoms with Gasteiger partial charge in [-0.25, -0.2) is 0 Å².